The van der Waals surface area contributed by atoms with Crippen molar-refractivity contribution in [2.45, 2.75) is 10.9 Å². The highest BCUT2D eigenvalue weighted by Gasteiger charge is 2.24. The average molecular weight is 435 g/mol. The van der Waals surface area contributed by atoms with Gasteiger partial charge in [0.1, 0.15) is 10.9 Å². The highest BCUT2D eigenvalue weighted by atomic mass is 79.9. The van der Waals surface area contributed by atoms with Gasteiger partial charge in [0.25, 0.3) is 5.69 Å². The normalized spacial score (nSPS) is 12.1. The smallest absolute Gasteiger partial charge is 0.284 e. The van der Waals surface area contributed by atoms with Crippen molar-refractivity contribution < 1.29 is 9.72 Å². The number of amides is 1. The number of carbonyl (C=O) groups excluding carboxylic acids is 1. The van der Waals surface area contributed by atoms with Crippen LogP contribution in [0, 0.1) is 10.1 Å². The van der Waals surface area contributed by atoms with E-state index in [9.17, 15) is 14.9 Å². The predicted molar refractivity (Wildman–Crippen MR) is 105 cm³/mol. The van der Waals surface area contributed by atoms with Crippen molar-refractivity contribution in [2.24, 2.45) is 0 Å². The monoisotopic (exact) mass is 434 g/mol. The Morgan fingerprint density at radius 1 is 1.31 bits per heavy atom. The van der Waals surface area contributed by atoms with Crippen molar-refractivity contribution in [3.05, 3.63) is 68.8 Å². The van der Waals surface area contributed by atoms with Gasteiger partial charge in [-0.05, 0) is 36.2 Å². The van der Waals surface area contributed by atoms with Gasteiger partial charge in [-0.2, -0.15) is 0 Å². The molecule has 7 nitrogen and oxygen atoms in total. The number of nitrogens with one attached hydrogen (secondary N) is 3. The number of hydrogen-bond acceptors (Lipinski definition) is 5. The number of aromatic amines is 1. The second kappa shape index (κ2) is 7.90. The molecule has 1 atom stereocenters. The van der Waals surface area contributed by atoms with Crippen LogP contribution in [0.25, 0.3) is 10.9 Å². The maximum absolute atomic E-state index is 12.4. The van der Waals surface area contributed by atoms with Crippen LogP contribution in [0.1, 0.15) is 11.6 Å². The molecule has 1 aromatic heterocycles. The molecule has 2 aromatic carbocycles. The van der Waals surface area contributed by atoms with Gasteiger partial charge in [-0.1, -0.05) is 28.1 Å². The third kappa shape index (κ3) is 3.74. The molecule has 1 heterocycles. The third-order valence-corrected chi connectivity index (χ3v) is 5.26. The predicted octanol–water partition coefficient (Wildman–Crippen LogP) is 3.92. The zero-order chi connectivity index (χ0) is 18.7. The van der Waals surface area contributed by atoms with Gasteiger partial charge in [-0.15, -0.1) is 0 Å². The first kappa shape index (κ1) is 18.4. The molecule has 3 rings (SSSR count). The van der Waals surface area contributed by atoms with E-state index in [-0.39, 0.29) is 11.6 Å². The Labute approximate surface area is 162 Å². The van der Waals surface area contributed by atoms with Gasteiger partial charge in [0.05, 0.1) is 4.92 Å². The van der Waals surface area contributed by atoms with Crippen LogP contribution in [-0.2, 0) is 4.79 Å². The first-order valence-electron chi connectivity index (χ1n) is 7.65. The number of likely N-dealkylation sites (N-methyl/N-ethyl adjacent to an activating group) is 1. The van der Waals surface area contributed by atoms with Crippen LogP contribution < -0.4 is 10.0 Å². The molecule has 0 radical (unpaired) electrons. The molecule has 3 aromatic rings. The molecule has 0 spiro atoms. The van der Waals surface area contributed by atoms with E-state index < -0.39 is 11.0 Å². The van der Waals surface area contributed by atoms with Crippen molar-refractivity contribution in [1.82, 2.24) is 15.0 Å². The number of benzene rings is 2. The summed E-state index contributed by atoms with van der Waals surface area (Å²) in [5, 5.41) is 14.7. The van der Waals surface area contributed by atoms with Crippen LogP contribution >= 0.6 is 27.9 Å². The maximum Gasteiger partial charge on any atom is 0.284 e. The number of H-pyrrole nitrogens is 1. The zero-order valence-corrected chi connectivity index (χ0v) is 16.1. The van der Waals surface area contributed by atoms with Crippen LogP contribution in [0.2, 0.25) is 0 Å². The fourth-order valence-electron chi connectivity index (χ4n) is 2.57. The summed E-state index contributed by atoms with van der Waals surface area (Å²) in [6, 6.07) is 11.5. The summed E-state index contributed by atoms with van der Waals surface area (Å²) in [4.78, 5) is 26.7. The second-order valence-corrected chi connectivity index (χ2v) is 7.22. The van der Waals surface area contributed by atoms with Crippen molar-refractivity contribution in [2.75, 3.05) is 7.05 Å². The molecular weight excluding hydrogens is 420 g/mol. The Morgan fingerprint density at radius 2 is 2.08 bits per heavy atom. The molecule has 0 aliphatic carbocycles. The lowest BCUT2D eigenvalue weighted by molar-refractivity contribution is -0.387. The first-order valence-corrected chi connectivity index (χ1v) is 9.26. The molecule has 26 heavy (non-hydrogen) atoms. The van der Waals surface area contributed by atoms with Crippen LogP contribution in [-0.4, -0.2) is 22.9 Å². The Balaban J connectivity index is 1.93. The summed E-state index contributed by atoms with van der Waals surface area (Å²) in [6.07, 6.45) is 1.77. The lowest BCUT2D eigenvalue weighted by Gasteiger charge is -2.16. The quantitative estimate of drug-likeness (QED) is 0.310. The Hall–Kier alpha value is -2.36. The molecule has 0 fully saturated rings. The molecule has 0 bridgehead atoms. The van der Waals surface area contributed by atoms with Crippen LogP contribution in [0.4, 0.5) is 5.69 Å². The minimum atomic E-state index is -0.687. The summed E-state index contributed by atoms with van der Waals surface area (Å²) in [5.74, 6) is -0.239. The standard InChI is InChI=1S/C17H15BrN4O3S/c1-19-17(23)16(12-9-20-13-7-6-10(18)8-11(12)13)21-26-15-5-3-2-4-14(15)22(24)25/h2-9,16,20-21H,1H3,(H,19,23)/t16-/m1/s1. The fraction of sp³-hybridized carbons (Fsp3) is 0.118. The van der Waals surface area contributed by atoms with Gasteiger partial charge < -0.3 is 10.3 Å². The number of halogens is 1. The van der Waals surface area contributed by atoms with Gasteiger partial charge in [0, 0.05) is 40.2 Å². The molecule has 0 aliphatic heterocycles. The summed E-state index contributed by atoms with van der Waals surface area (Å²) in [5.41, 5.74) is 1.64. The van der Waals surface area contributed by atoms with Gasteiger partial charge in [-0.3, -0.25) is 14.9 Å². The Morgan fingerprint density at radius 3 is 2.81 bits per heavy atom. The van der Waals surface area contributed by atoms with E-state index in [4.69, 9.17) is 0 Å². The topological polar surface area (TPSA) is 100 Å². The van der Waals surface area contributed by atoms with Crippen molar-refractivity contribution in [3.8, 4) is 0 Å². The van der Waals surface area contributed by atoms with Crippen LogP contribution in [0.3, 0.4) is 0 Å². The molecule has 0 aliphatic rings. The molecular formula is C17H15BrN4O3S. The number of carbonyl (C=O) groups is 1. The Kier molecular flexibility index (Phi) is 5.60. The average Bonchev–Trinajstić information content (AvgIpc) is 3.04. The number of rotatable bonds is 6. The minimum absolute atomic E-state index is 0.0117. The summed E-state index contributed by atoms with van der Waals surface area (Å²) in [7, 11) is 1.55. The Bertz CT molecular complexity index is 976. The zero-order valence-electron chi connectivity index (χ0n) is 13.7. The van der Waals surface area contributed by atoms with Crippen molar-refractivity contribution >= 4 is 50.4 Å². The van der Waals surface area contributed by atoms with Gasteiger partial charge >= 0.3 is 0 Å². The lowest BCUT2D eigenvalue weighted by atomic mass is 10.1. The third-order valence-electron chi connectivity index (χ3n) is 3.84. The number of nitro benzene ring substituents is 1. The molecule has 9 heteroatoms. The van der Waals surface area contributed by atoms with E-state index in [0.717, 1.165) is 32.9 Å². The summed E-state index contributed by atoms with van der Waals surface area (Å²) >= 11 is 4.50. The number of hydrogen-bond donors (Lipinski definition) is 3. The molecule has 0 saturated heterocycles. The fourth-order valence-corrected chi connectivity index (χ4v) is 3.81. The van der Waals surface area contributed by atoms with Gasteiger partial charge in [-0.25, -0.2) is 4.72 Å². The van der Waals surface area contributed by atoms with Gasteiger partial charge in [0.15, 0.2) is 0 Å². The van der Waals surface area contributed by atoms with Gasteiger partial charge in [0.2, 0.25) is 5.91 Å². The van der Waals surface area contributed by atoms with E-state index in [2.05, 4.69) is 31.0 Å². The van der Waals surface area contributed by atoms with E-state index >= 15 is 0 Å². The van der Waals surface area contributed by atoms with Crippen molar-refractivity contribution in [1.29, 1.82) is 0 Å². The highest BCUT2D eigenvalue weighted by Crippen LogP contribution is 2.32. The summed E-state index contributed by atoms with van der Waals surface area (Å²) in [6.45, 7) is 0. The number of para-hydroxylation sites is 1. The first-order chi connectivity index (χ1) is 12.5. The minimum Gasteiger partial charge on any atom is -0.361 e. The molecule has 1 amide bonds. The maximum atomic E-state index is 12.4. The summed E-state index contributed by atoms with van der Waals surface area (Å²) < 4.78 is 3.96. The van der Waals surface area contributed by atoms with E-state index in [1.54, 1.807) is 31.4 Å². The van der Waals surface area contributed by atoms with Crippen molar-refractivity contribution in [3.63, 3.8) is 0 Å². The van der Waals surface area contributed by atoms with E-state index in [1.807, 2.05) is 18.2 Å². The van der Waals surface area contributed by atoms with E-state index in [1.165, 1.54) is 6.07 Å². The second-order valence-electron chi connectivity index (χ2n) is 5.43. The molecule has 134 valence electrons. The SMILES string of the molecule is CNC(=O)[C@H](NSc1ccccc1[N+](=O)[O-])c1c[nH]c2ccc(Br)cc12. The highest BCUT2D eigenvalue weighted by molar-refractivity contribution is 9.10. The molecule has 0 unspecified atom stereocenters. The van der Waals surface area contributed by atoms with Crippen LogP contribution in [0.5, 0.6) is 0 Å². The number of fused-ring (bicyclic) bond motifs is 1. The molecule has 0 saturated carbocycles. The van der Waals surface area contributed by atoms with Crippen LogP contribution in [0.15, 0.2) is 58.0 Å². The largest absolute Gasteiger partial charge is 0.361 e. The lowest BCUT2D eigenvalue weighted by Crippen LogP contribution is -2.32. The number of aromatic nitrogens is 1. The number of nitrogens with zero attached hydrogens (tertiary/aromatic N) is 1. The van der Waals surface area contributed by atoms with E-state index in [0.29, 0.717) is 4.90 Å². The molecule has 3 N–H and O–H groups in total. The number of nitro groups is 1.